The van der Waals surface area contributed by atoms with Crippen LogP contribution in [-0.2, 0) is 0 Å². The number of rotatable bonds is 2. The van der Waals surface area contributed by atoms with E-state index >= 15 is 0 Å². The summed E-state index contributed by atoms with van der Waals surface area (Å²) >= 11 is 5.98. The first-order valence-corrected chi connectivity index (χ1v) is 4.15. The predicted octanol–water partition coefficient (Wildman–Crippen LogP) is 2.65. The highest BCUT2D eigenvalue weighted by Crippen LogP contribution is 2.21. The maximum Gasteiger partial charge on any atom is 0.0656 e. The Balaban J connectivity index is 3.00. The van der Waals surface area contributed by atoms with E-state index < -0.39 is 0 Å². The number of halogens is 1. The normalized spacial score (nSPS) is 12.6. The van der Waals surface area contributed by atoms with Crippen LogP contribution in [0.3, 0.4) is 0 Å². The second kappa shape index (κ2) is 4.29. The highest BCUT2D eigenvalue weighted by atomic mass is 35.5. The van der Waals surface area contributed by atoms with Crippen molar-refractivity contribution < 1.29 is 5.11 Å². The van der Waals surface area contributed by atoms with E-state index in [1.165, 1.54) is 0 Å². The second-order valence-electron chi connectivity index (χ2n) is 2.62. The van der Waals surface area contributed by atoms with Crippen molar-refractivity contribution in [2.45, 2.75) is 6.92 Å². The molecule has 0 aliphatic carbocycles. The Morgan fingerprint density at radius 2 is 1.92 bits per heavy atom. The molecule has 64 valence electrons. The Labute approximate surface area is 77.3 Å². The summed E-state index contributed by atoms with van der Waals surface area (Å²) in [6, 6.07) is 9.61. The zero-order valence-electron chi connectivity index (χ0n) is 6.92. The summed E-state index contributed by atoms with van der Waals surface area (Å²) in [5.41, 5.74) is 1.74. The number of hydrogen-bond acceptors (Lipinski definition) is 1. The van der Waals surface area contributed by atoms with Crippen LogP contribution in [0.15, 0.2) is 35.9 Å². The van der Waals surface area contributed by atoms with Crippen LogP contribution >= 0.6 is 11.6 Å². The maximum atomic E-state index is 8.82. The quantitative estimate of drug-likeness (QED) is 0.746. The van der Waals surface area contributed by atoms with Crippen molar-refractivity contribution in [3.63, 3.8) is 0 Å². The lowest BCUT2D eigenvalue weighted by atomic mass is 10.1. The zero-order valence-corrected chi connectivity index (χ0v) is 7.67. The van der Waals surface area contributed by atoms with E-state index in [-0.39, 0.29) is 6.61 Å². The summed E-state index contributed by atoms with van der Waals surface area (Å²) in [5.74, 6) is 0. The van der Waals surface area contributed by atoms with Gasteiger partial charge >= 0.3 is 0 Å². The summed E-state index contributed by atoms with van der Waals surface area (Å²) < 4.78 is 0. The molecular formula is C10H11ClO. The largest absolute Gasteiger partial charge is 0.392 e. The third-order valence-corrected chi connectivity index (χ3v) is 2.18. The fourth-order valence-corrected chi connectivity index (χ4v) is 1.09. The number of aliphatic hydroxyl groups excluding tert-OH is 1. The number of benzene rings is 1. The molecule has 0 bridgehead atoms. The predicted molar refractivity (Wildman–Crippen MR) is 52.0 cm³/mol. The van der Waals surface area contributed by atoms with Gasteiger partial charge in [-0.2, -0.15) is 0 Å². The van der Waals surface area contributed by atoms with E-state index in [4.69, 9.17) is 16.7 Å². The molecule has 0 unspecified atom stereocenters. The van der Waals surface area contributed by atoms with Crippen molar-refractivity contribution >= 4 is 16.6 Å². The van der Waals surface area contributed by atoms with Gasteiger partial charge in [0.15, 0.2) is 0 Å². The molecule has 1 aromatic rings. The molecule has 2 heteroatoms. The molecule has 0 fully saturated rings. The minimum Gasteiger partial charge on any atom is -0.392 e. The molecule has 0 saturated carbocycles. The van der Waals surface area contributed by atoms with Gasteiger partial charge in [-0.05, 0) is 18.1 Å². The first-order chi connectivity index (χ1) is 5.75. The van der Waals surface area contributed by atoms with E-state index in [9.17, 15) is 0 Å². The Morgan fingerprint density at radius 3 is 2.42 bits per heavy atom. The summed E-state index contributed by atoms with van der Waals surface area (Å²) in [5, 5.41) is 9.46. The van der Waals surface area contributed by atoms with Crippen LogP contribution in [0.4, 0.5) is 0 Å². The molecule has 1 N–H and O–H groups in total. The van der Waals surface area contributed by atoms with Crippen LogP contribution < -0.4 is 0 Å². The maximum absolute atomic E-state index is 8.82. The molecular weight excluding hydrogens is 172 g/mol. The number of hydrogen-bond donors (Lipinski definition) is 1. The van der Waals surface area contributed by atoms with E-state index in [1.807, 2.05) is 37.3 Å². The van der Waals surface area contributed by atoms with Crippen LogP contribution in [0, 0.1) is 0 Å². The number of aliphatic hydroxyl groups is 1. The Bertz CT molecular complexity index is 277. The van der Waals surface area contributed by atoms with E-state index in [0.717, 1.165) is 11.1 Å². The minimum atomic E-state index is 0.00767. The monoisotopic (exact) mass is 182 g/mol. The summed E-state index contributed by atoms with van der Waals surface area (Å²) in [6.45, 7) is 1.82. The van der Waals surface area contributed by atoms with Gasteiger partial charge in [-0.25, -0.2) is 0 Å². The lowest BCUT2D eigenvalue weighted by molar-refractivity contribution is 0.332. The minimum absolute atomic E-state index is 0.00767. The van der Waals surface area contributed by atoms with Crippen molar-refractivity contribution in [1.82, 2.24) is 0 Å². The Hall–Kier alpha value is -0.790. The van der Waals surface area contributed by atoms with Gasteiger partial charge in [0.25, 0.3) is 0 Å². The van der Waals surface area contributed by atoms with Crippen LogP contribution in [-0.4, -0.2) is 11.7 Å². The average Bonchev–Trinajstić information content (AvgIpc) is 2.17. The summed E-state index contributed by atoms with van der Waals surface area (Å²) in [6.07, 6.45) is 0. The van der Waals surface area contributed by atoms with Gasteiger partial charge in [0, 0.05) is 5.03 Å². The highest BCUT2D eigenvalue weighted by molar-refractivity contribution is 6.49. The van der Waals surface area contributed by atoms with Gasteiger partial charge < -0.3 is 5.11 Å². The fraction of sp³-hybridized carbons (Fsp3) is 0.200. The molecule has 0 aliphatic rings. The van der Waals surface area contributed by atoms with Crippen LogP contribution in [0.5, 0.6) is 0 Å². The lowest BCUT2D eigenvalue weighted by Crippen LogP contribution is -1.87. The van der Waals surface area contributed by atoms with Gasteiger partial charge in [0.1, 0.15) is 0 Å². The van der Waals surface area contributed by atoms with E-state index in [0.29, 0.717) is 5.03 Å². The zero-order chi connectivity index (χ0) is 8.97. The second-order valence-corrected chi connectivity index (χ2v) is 3.00. The molecule has 0 amide bonds. The first-order valence-electron chi connectivity index (χ1n) is 3.77. The molecule has 0 saturated heterocycles. The molecule has 0 aliphatic heterocycles. The van der Waals surface area contributed by atoms with Crippen molar-refractivity contribution in [3.05, 3.63) is 41.5 Å². The van der Waals surface area contributed by atoms with Gasteiger partial charge in [-0.15, -0.1) is 0 Å². The molecule has 0 spiro atoms. The standard InChI is InChI=1S/C10H11ClO/c1-8(7-12)10(11)9-5-3-2-4-6-9/h2-6,12H,7H2,1H3/b10-8+. The van der Waals surface area contributed by atoms with Crippen LogP contribution in [0.1, 0.15) is 12.5 Å². The third kappa shape index (κ3) is 2.10. The summed E-state index contributed by atoms with van der Waals surface area (Å²) in [4.78, 5) is 0. The van der Waals surface area contributed by atoms with Crippen molar-refractivity contribution in [2.24, 2.45) is 0 Å². The molecule has 1 aromatic carbocycles. The summed E-state index contributed by atoms with van der Waals surface area (Å²) in [7, 11) is 0. The van der Waals surface area contributed by atoms with Gasteiger partial charge in [0.05, 0.1) is 6.61 Å². The Kier molecular flexibility index (Phi) is 3.32. The molecule has 1 rings (SSSR count). The molecule has 12 heavy (non-hydrogen) atoms. The lowest BCUT2D eigenvalue weighted by Gasteiger charge is -2.02. The first kappa shape index (κ1) is 9.30. The molecule has 0 atom stereocenters. The fourth-order valence-electron chi connectivity index (χ4n) is 0.900. The molecule has 0 aromatic heterocycles. The Morgan fingerprint density at radius 1 is 1.33 bits per heavy atom. The van der Waals surface area contributed by atoms with E-state index in [2.05, 4.69) is 0 Å². The van der Waals surface area contributed by atoms with Gasteiger partial charge in [-0.3, -0.25) is 0 Å². The van der Waals surface area contributed by atoms with Gasteiger partial charge in [-0.1, -0.05) is 41.9 Å². The average molecular weight is 183 g/mol. The molecule has 1 nitrogen and oxygen atoms in total. The van der Waals surface area contributed by atoms with Gasteiger partial charge in [0.2, 0.25) is 0 Å². The van der Waals surface area contributed by atoms with Crippen molar-refractivity contribution in [3.8, 4) is 0 Å². The van der Waals surface area contributed by atoms with Crippen LogP contribution in [0.25, 0.3) is 5.03 Å². The molecule has 0 heterocycles. The third-order valence-electron chi connectivity index (χ3n) is 1.64. The SMILES string of the molecule is C/C(CO)=C(\Cl)c1ccccc1. The van der Waals surface area contributed by atoms with Crippen molar-refractivity contribution in [2.75, 3.05) is 6.61 Å². The highest BCUT2D eigenvalue weighted by Gasteiger charge is 1.99. The van der Waals surface area contributed by atoms with Crippen LogP contribution in [0.2, 0.25) is 0 Å². The van der Waals surface area contributed by atoms with E-state index in [1.54, 1.807) is 0 Å². The molecule has 0 radical (unpaired) electrons. The topological polar surface area (TPSA) is 20.2 Å². The smallest absolute Gasteiger partial charge is 0.0656 e. The van der Waals surface area contributed by atoms with Crippen molar-refractivity contribution in [1.29, 1.82) is 0 Å².